The Balaban J connectivity index is 2.93. The number of primary amides is 1. The first-order valence-corrected chi connectivity index (χ1v) is 4.96. The summed E-state index contributed by atoms with van der Waals surface area (Å²) in [6.07, 6.45) is 0. The number of hydrogen-bond donors (Lipinski definition) is 3. The minimum absolute atomic E-state index is 0.0836. The Kier molecular flexibility index (Phi) is 3.52. The van der Waals surface area contributed by atoms with E-state index in [0.717, 1.165) is 0 Å². The van der Waals surface area contributed by atoms with Crippen molar-refractivity contribution in [2.45, 2.75) is 19.4 Å². The summed E-state index contributed by atoms with van der Waals surface area (Å²) in [5.41, 5.74) is 4.26. The number of aromatic nitrogens is 2. The van der Waals surface area contributed by atoms with Crippen molar-refractivity contribution < 1.29 is 14.7 Å². The highest BCUT2D eigenvalue weighted by Crippen LogP contribution is 2.05. The van der Waals surface area contributed by atoms with Crippen molar-refractivity contribution in [1.82, 2.24) is 15.1 Å². The van der Waals surface area contributed by atoms with Gasteiger partial charge >= 0.3 is 0 Å². The zero-order valence-corrected chi connectivity index (χ0v) is 9.94. The van der Waals surface area contributed by atoms with Crippen LogP contribution in [0, 0.1) is 6.07 Å². The molecule has 1 aromatic rings. The Hall–Kier alpha value is -1.89. The molecule has 0 spiro atoms. The number of carbonyl (C=O) groups is 2. The molecule has 1 rings (SSSR count). The summed E-state index contributed by atoms with van der Waals surface area (Å²) in [5, 5.41) is 15.4. The van der Waals surface area contributed by atoms with E-state index < -0.39 is 17.4 Å². The predicted octanol–water partition coefficient (Wildman–Crippen LogP) is -1.18. The van der Waals surface area contributed by atoms with Crippen molar-refractivity contribution in [1.29, 1.82) is 0 Å². The van der Waals surface area contributed by atoms with E-state index in [2.05, 4.69) is 16.5 Å². The summed E-state index contributed by atoms with van der Waals surface area (Å²) < 4.78 is 1.21. The highest BCUT2D eigenvalue weighted by molar-refractivity contribution is 5.97. The van der Waals surface area contributed by atoms with Crippen molar-refractivity contribution in [3.05, 3.63) is 17.5 Å². The lowest BCUT2D eigenvalue weighted by molar-refractivity contribution is 0.0859. The Labute approximate surface area is 98.6 Å². The average Bonchev–Trinajstić information content (AvgIpc) is 2.60. The molecule has 93 valence electrons. The molecule has 0 saturated heterocycles. The fourth-order valence-electron chi connectivity index (χ4n) is 1.14. The van der Waals surface area contributed by atoms with Gasteiger partial charge in [0.15, 0.2) is 5.69 Å². The maximum atomic E-state index is 11.8. The smallest absolute Gasteiger partial charge is 0.270 e. The molecular formula is C10H15N4O3. The van der Waals surface area contributed by atoms with E-state index in [-0.39, 0.29) is 18.0 Å². The summed E-state index contributed by atoms with van der Waals surface area (Å²) in [4.78, 5) is 22.7. The van der Waals surface area contributed by atoms with E-state index in [4.69, 9.17) is 10.8 Å². The number of aryl methyl sites for hydroxylation is 1. The maximum Gasteiger partial charge on any atom is 0.270 e. The van der Waals surface area contributed by atoms with E-state index >= 15 is 0 Å². The number of carbonyl (C=O) groups excluding carboxylic acids is 2. The minimum Gasteiger partial charge on any atom is -0.394 e. The number of rotatable bonds is 4. The first-order chi connectivity index (χ1) is 7.76. The van der Waals surface area contributed by atoms with Gasteiger partial charge in [-0.1, -0.05) is 0 Å². The summed E-state index contributed by atoms with van der Waals surface area (Å²) in [7, 11) is 1.50. The van der Waals surface area contributed by atoms with Crippen LogP contribution < -0.4 is 11.1 Å². The Bertz CT molecular complexity index is 450. The van der Waals surface area contributed by atoms with E-state index in [1.54, 1.807) is 13.8 Å². The molecular weight excluding hydrogens is 224 g/mol. The molecule has 0 atom stereocenters. The van der Waals surface area contributed by atoms with Crippen LogP contribution in [-0.4, -0.2) is 38.8 Å². The molecule has 7 heteroatoms. The van der Waals surface area contributed by atoms with Crippen LogP contribution in [0.15, 0.2) is 0 Å². The largest absolute Gasteiger partial charge is 0.394 e. The fourth-order valence-corrected chi connectivity index (χ4v) is 1.14. The molecule has 0 bridgehead atoms. The molecule has 0 unspecified atom stereocenters. The molecule has 0 aliphatic heterocycles. The SMILES string of the molecule is Cn1nc(C(N)=O)[c]c1C(=O)NC(C)(C)CO. The molecule has 1 aromatic heterocycles. The van der Waals surface area contributed by atoms with Crippen LogP contribution in [0.3, 0.4) is 0 Å². The second-order valence-electron chi connectivity index (χ2n) is 4.31. The van der Waals surface area contributed by atoms with E-state index in [0.29, 0.717) is 0 Å². The predicted molar refractivity (Wildman–Crippen MR) is 59.2 cm³/mol. The molecule has 1 radical (unpaired) electrons. The molecule has 0 aliphatic carbocycles. The van der Waals surface area contributed by atoms with Gasteiger partial charge in [0, 0.05) is 7.05 Å². The molecule has 17 heavy (non-hydrogen) atoms. The quantitative estimate of drug-likeness (QED) is 0.614. The van der Waals surface area contributed by atoms with E-state index in [1.807, 2.05) is 0 Å². The van der Waals surface area contributed by atoms with Crippen LogP contribution in [-0.2, 0) is 7.05 Å². The van der Waals surface area contributed by atoms with Gasteiger partial charge in [-0.05, 0) is 13.8 Å². The number of hydrogen-bond acceptors (Lipinski definition) is 4. The summed E-state index contributed by atoms with van der Waals surface area (Å²) >= 11 is 0. The molecule has 7 nitrogen and oxygen atoms in total. The Morgan fingerprint density at radius 3 is 2.59 bits per heavy atom. The lowest BCUT2D eigenvalue weighted by Crippen LogP contribution is -2.46. The van der Waals surface area contributed by atoms with Crippen molar-refractivity contribution in [2.24, 2.45) is 12.8 Å². The number of nitrogens with two attached hydrogens (primary N) is 1. The van der Waals surface area contributed by atoms with Crippen molar-refractivity contribution in [3.63, 3.8) is 0 Å². The van der Waals surface area contributed by atoms with Gasteiger partial charge in [0.1, 0.15) is 5.69 Å². The number of nitrogens with zero attached hydrogens (tertiary/aromatic N) is 2. The summed E-state index contributed by atoms with van der Waals surface area (Å²) in [6, 6.07) is 2.51. The Morgan fingerprint density at radius 2 is 2.18 bits per heavy atom. The molecule has 0 aliphatic rings. The average molecular weight is 239 g/mol. The van der Waals surface area contributed by atoms with Gasteiger partial charge in [0.2, 0.25) is 0 Å². The number of aliphatic hydroxyl groups is 1. The number of nitrogens with one attached hydrogen (secondary N) is 1. The van der Waals surface area contributed by atoms with Crippen LogP contribution in [0.25, 0.3) is 0 Å². The van der Waals surface area contributed by atoms with Gasteiger partial charge in [-0.3, -0.25) is 14.3 Å². The monoisotopic (exact) mass is 239 g/mol. The van der Waals surface area contributed by atoms with Gasteiger partial charge in [0.05, 0.1) is 18.2 Å². The molecule has 2 amide bonds. The highest BCUT2D eigenvalue weighted by atomic mass is 16.3. The van der Waals surface area contributed by atoms with E-state index in [9.17, 15) is 9.59 Å². The summed E-state index contributed by atoms with van der Waals surface area (Å²) in [6.45, 7) is 3.12. The van der Waals surface area contributed by atoms with Gasteiger partial charge < -0.3 is 16.2 Å². The normalized spacial score (nSPS) is 11.3. The molecule has 4 N–H and O–H groups in total. The standard InChI is InChI=1S/C10H15N4O3/c1-10(2,5-15)12-9(17)7-4-6(8(11)16)13-14(7)3/h15H,5H2,1-3H3,(H2,11,16)(H,12,17). The zero-order valence-electron chi connectivity index (χ0n) is 9.94. The lowest BCUT2D eigenvalue weighted by Gasteiger charge is -2.23. The van der Waals surface area contributed by atoms with Crippen molar-refractivity contribution >= 4 is 11.8 Å². The fraction of sp³-hybridized carbons (Fsp3) is 0.500. The van der Waals surface area contributed by atoms with Crippen molar-refractivity contribution in [2.75, 3.05) is 6.61 Å². The number of amides is 2. The Morgan fingerprint density at radius 1 is 1.59 bits per heavy atom. The van der Waals surface area contributed by atoms with Crippen LogP contribution in [0.4, 0.5) is 0 Å². The van der Waals surface area contributed by atoms with Crippen LogP contribution in [0.5, 0.6) is 0 Å². The third kappa shape index (κ3) is 3.04. The third-order valence-electron chi connectivity index (χ3n) is 2.11. The number of aliphatic hydroxyl groups excluding tert-OH is 1. The molecule has 1 heterocycles. The maximum absolute atomic E-state index is 11.8. The van der Waals surface area contributed by atoms with Gasteiger partial charge in [-0.25, -0.2) is 0 Å². The lowest BCUT2D eigenvalue weighted by atomic mass is 10.1. The third-order valence-corrected chi connectivity index (χ3v) is 2.11. The first kappa shape index (κ1) is 13.2. The molecule has 0 fully saturated rings. The van der Waals surface area contributed by atoms with Gasteiger partial charge in [-0.2, -0.15) is 5.10 Å². The minimum atomic E-state index is -0.762. The van der Waals surface area contributed by atoms with Crippen molar-refractivity contribution in [3.8, 4) is 0 Å². The second kappa shape index (κ2) is 4.54. The summed E-state index contributed by atoms with van der Waals surface area (Å²) in [5.74, 6) is -1.23. The molecule has 0 aromatic carbocycles. The zero-order chi connectivity index (χ0) is 13.2. The topological polar surface area (TPSA) is 110 Å². The molecule has 0 saturated carbocycles. The van der Waals surface area contributed by atoms with E-state index in [1.165, 1.54) is 11.7 Å². The van der Waals surface area contributed by atoms with Gasteiger partial charge in [-0.15, -0.1) is 0 Å². The second-order valence-corrected chi connectivity index (χ2v) is 4.31. The first-order valence-electron chi connectivity index (χ1n) is 4.96. The van der Waals surface area contributed by atoms with Crippen LogP contribution in [0.2, 0.25) is 0 Å². The van der Waals surface area contributed by atoms with Crippen LogP contribution in [0.1, 0.15) is 34.8 Å². The van der Waals surface area contributed by atoms with Gasteiger partial charge in [0.25, 0.3) is 11.8 Å². The van der Waals surface area contributed by atoms with Crippen LogP contribution >= 0.6 is 0 Å². The highest BCUT2D eigenvalue weighted by Gasteiger charge is 2.23.